The van der Waals surface area contributed by atoms with Crippen LogP contribution in [0.2, 0.25) is 0 Å². The Bertz CT molecular complexity index is 939. The van der Waals surface area contributed by atoms with Gasteiger partial charge < -0.3 is 15.1 Å². The Kier molecular flexibility index (Phi) is 9.72. The van der Waals surface area contributed by atoms with Crippen LogP contribution in [0.25, 0.3) is 0 Å². The summed E-state index contributed by atoms with van der Waals surface area (Å²) in [4.78, 5) is 29.3. The Balaban J connectivity index is 1.26. The average molecular weight is 500 g/mol. The van der Waals surface area contributed by atoms with Gasteiger partial charge in [-0.1, -0.05) is 73.8 Å². The molecule has 2 fully saturated rings. The summed E-state index contributed by atoms with van der Waals surface area (Å²) < 4.78 is 0. The number of amides is 2. The van der Waals surface area contributed by atoms with Crippen molar-refractivity contribution in [2.75, 3.05) is 0 Å². The minimum absolute atomic E-state index is 0.0210. The molecule has 5 heteroatoms. The monoisotopic (exact) mass is 499 g/mol. The third-order valence-corrected chi connectivity index (χ3v) is 8.05. The first kappa shape index (κ1) is 26.9. The maximum atomic E-state index is 12.6. The summed E-state index contributed by atoms with van der Waals surface area (Å²) in [6, 6.07) is 21.9. The molecule has 0 saturated heterocycles. The van der Waals surface area contributed by atoms with Gasteiger partial charge in [0.1, 0.15) is 0 Å². The van der Waals surface area contributed by atoms with Crippen LogP contribution < -0.4 is 5.32 Å². The summed E-state index contributed by atoms with van der Waals surface area (Å²) >= 11 is 0. The van der Waals surface area contributed by atoms with Crippen molar-refractivity contribution >= 4 is 11.8 Å². The van der Waals surface area contributed by atoms with Gasteiger partial charge in [0.15, 0.2) is 0 Å². The van der Waals surface area contributed by atoms with Crippen LogP contribution in [0, 0.1) is 0 Å². The van der Waals surface area contributed by atoms with E-state index >= 15 is 0 Å². The maximum absolute atomic E-state index is 12.6. The second-order valence-electron chi connectivity index (χ2n) is 10.5. The molecular weight excluding hydrogens is 458 g/mol. The summed E-state index contributed by atoms with van der Waals surface area (Å²) in [5, 5.41) is 3.92. The van der Waals surface area contributed by atoms with Crippen LogP contribution in [-0.2, 0) is 22.7 Å². The molecular formula is C32H41N3O2. The molecule has 0 bridgehead atoms. The van der Waals surface area contributed by atoms with E-state index < -0.39 is 0 Å². The lowest BCUT2D eigenvalue weighted by Gasteiger charge is -2.40. The molecule has 2 aromatic rings. The fraction of sp³-hybridized carbons (Fsp3) is 0.438. The first-order valence-electron chi connectivity index (χ1n) is 13.8. The summed E-state index contributed by atoms with van der Waals surface area (Å²) in [6.07, 6.45) is 11.3. The minimum atomic E-state index is 0.0210. The molecule has 0 unspecified atom stereocenters. The highest BCUT2D eigenvalue weighted by atomic mass is 16.2. The van der Waals surface area contributed by atoms with Crippen molar-refractivity contribution in [3.05, 3.63) is 97.1 Å². The molecule has 0 spiro atoms. The predicted octanol–water partition coefficient (Wildman–Crippen LogP) is 5.63. The van der Waals surface area contributed by atoms with Gasteiger partial charge in [-0.2, -0.15) is 0 Å². The molecule has 4 rings (SSSR count). The Morgan fingerprint density at radius 3 is 1.32 bits per heavy atom. The van der Waals surface area contributed by atoms with Crippen LogP contribution in [-0.4, -0.2) is 45.8 Å². The maximum Gasteiger partial charge on any atom is 0.246 e. The van der Waals surface area contributed by atoms with E-state index in [1.807, 2.05) is 46.2 Å². The Labute approximate surface area is 222 Å². The molecule has 5 nitrogen and oxygen atoms in total. The second kappa shape index (κ2) is 13.4. The van der Waals surface area contributed by atoms with Crippen molar-refractivity contribution in [2.24, 2.45) is 0 Å². The number of rotatable bonds is 10. The van der Waals surface area contributed by atoms with Gasteiger partial charge in [-0.25, -0.2) is 0 Å². The van der Waals surface area contributed by atoms with E-state index in [0.29, 0.717) is 25.2 Å². The van der Waals surface area contributed by atoms with Gasteiger partial charge in [0.2, 0.25) is 11.8 Å². The Hall–Kier alpha value is -3.18. The molecule has 2 aliphatic rings. The lowest BCUT2D eigenvalue weighted by atomic mass is 9.86. The molecule has 0 radical (unpaired) electrons. The van der Waals surface area contributed by atoms with Crippen molar-refractivity contribution in [3.8, 4) is 0 Å². The van der Waals surface area contributed by atoms with Crippen molar-refractivity contribution in [1.29, 1.82) is 0 Å². The van der Waals surface area contributed by atoms with Crippen molar-refractivity contribution in [1.82, 2.24) is 15.1 Å². The van der Waals surface area contributed by atoms with Gasteiger partial charge in [-0.15, -0.1) is 0 Å². The molecule has 0 atom stereocenters. The summed E-state index contributed by atoms with van der Waals surface area (Å²) in [6.45, 7) is 8.75. The minimum Gasteiger partial charge on any atom is -0.332 e. The zero-order chi connectivity index (χ0) is 26.0. The number of benzene rings is 2. The fourth-order valence-corrected chi connectivity index (χ4v) is 6.01. The first-order chi connectivity index (χ1) is 18.1. The van der Waals surface area contributed by atoms with E-state index in [-0.39, 0.29) is 23.9 Å². The van der Waals surface area contributed by atoms with Crippen LogP contribution in [0.5, 0.6) is 0 Å². The Morgan fingerprint density at radius 2 is 1.00 bits per heavy atom. The zero-order valence-electron chi connectivity index (χ0n) is 21.9. The van der Waals surface area contributed by atoms with Gasteiger partial charge >= 0.3 is 0 Å². The summed E-state index contributed by atoms with van der Waals surface area (Å²) in [5.74, 6) is 0.0421. The van der Waals surface area contributed by atoms with E-state index in [9.17, 15) is 9.59 Å². The molecule has 196 valence electrons. The Morgan fingerprint density at radius 1 is 0.649 bits per heavy atom. The number of nitrogens with zero attached hydrogens (tertiary/aromatic N) is 2. The predicted molar refractivity (Wildman–Crippen MR) is 150 cm³/mol. The highest BCUT2D eigenvalue weighted by Crippen LogP contribution is 2.29. The summed E-state index contributed by atoms with van der Waals surface area (Å²) in [5.41, 5.74) is 2.32. The van der Waals surface area contributed by atoms with Crippen LogP contribution in [0.1, 0.15) is 62.5 Å². The van der Waals surface area contributed by atoms with E-state index in [2.05, 4.69) is 42.7 Å². The second-order valence-corrected chi connectivity index (χ2v) is 10.5. The molecule has 0 aromatic heterocycles. The molecule has 2 saturated carbocycles. The third-order valence-electron chi connectivity index (χ3n) is 8.05. The van der Waals surface area contributed by atoms with E-state index in [1.165, 1.54) is 12.2 Å². The molecule has 0 aliphatic heterocycles. The third kappa shape index (κ3) is 7.42. The van der Waals surface area contributed by atoms with Gasteiger partial charge in [-0.05, 0) is 74.6 Å². The normalized spacial score (nSPS) is 23.6. The highest BCUT2D eigenvalue weighted by molar-refractivity contribution is 5.87. The topological polar surface area (TPSA) is 52.7 Å². The number of nitrogens with one attached hydrogen (secondary N) is 1. The van der Waals surface area contributed by atoms with Gasteiger partial charge in [0.25, 0.3) is 0 Å². The number of carbonyl (C=O) groups is 2. The quantitative estimate of drug-likeness (QED) is 0.431. The molecule has 2 aliphatic carbocycles. The van der Waals surface area contributed by atoms with Crippen molar-refractivity contribution in [3.63, 3.8) is 0 Å². The van der Waals surface area contributed by atoms with Crippen molar-refractivity contribution in [2.45, 2.75) is 88.6 Å². The molecule has 2 aromatic carbocycles. The average Bonchev–Trinajstić information content (AvgIpc) is 2.96. The van der Waals surface area contributed by atoms with Crippen LogP contribution >= 0.6 is 0 Å². The zero-order valence-corrected chi connectivity index (χ0v) is 21.9. The number of hydrogen-bond acceptors (Lipinski definition) is 3. The first-order valence-corrected chi connectivity index (χ1v) is 13.8. The number of hydrogen-bond donors (Lipinski definition) is 1. The lowest BCUT2D eigenvalue weighted by molar-refractivity contribution is -0.130. The summed E-state index contributed by atoms with van der Waals surface area (Å²) in [7, 11) is 0. The smallest absolute Gasteiger partial charge is 0.246 e. The van der Waals surface area contributed by atoms with Crippen LogP contribution in [0.15, 0.2) is 86.0 Å². The number of carbonyl (C=O) groups excluding carboxylic acids is 2. The largest absolute Gasteiger partial charge is 0.332 e. The van der Waals surface area contributed by atoms with E-state index in [1.54, 1.807) is 0 Å². The molecule has 37 heavy (non-hydrogen) atoms. The van der Waals surface area contributed by atoms with E-state index in [0.717, 1.165) is 62.5 Å². The van der Waals surface area contributed by atoms with Crippen LogP contribution in [0.4, 0.5) is 0 Å². The SMILES string of the molecule is C=CC(=O)N(Cc1ccccc1)C1CCC(NC2CCC(N(Cc3ccccc3)C(=O)C=C)CC2)CC1. The highest BCUT2D eigenvalue weighted by Gasteiger charge is 2.32. The van der Waals surface area contributed by atoms with Gasteiger partial charge in [-0.3, -0.25) is 9.59 Å². The fourth-order valence-electron chi connectivity index (χ4n) is 6.01. The van der Waals surface area contributed by atoms with Crippen LogP contribution in [0.3, 0.4) is 0 Å². The molecule has 1 N–H and O–H groups in total. The van der Waals surface area contributed by atoms with Crippen molar-refractivity contribution < 1.29 is 9.59 Å². The van der Waals surface area contributed by atoms with E-state index in [4.69, 9.17) is 0 Å². The standard InChI is InChI=1S/C32H41N3O2/c1-3-31(36)34(23-25-11-7-5-8-12-25)29-19-15-27(16-20-29)33-28-17-21-30(22-18-28)35(32(37)4-2)24-26-13-9-6-10-14-26/h3-14,27-30,33H,1-2,15-24H2. The molecule has 0 heterocycles. The lowest BCUT2D eigenvalue weighted by Crippen LogP contribution is -2.49. The molecule has 2 amide bonds. The van der Waals surface area contributed by atoms with Gasteiger partial charge in [0, 0.05) is 37.3 Å². The van der Waals surface area contributed by atoms with Gasteiger partial charge in [0.05, 0.1) is 0 Å².